The van der Waals surface area contributed by atoms with Crippen molar-refractivity contribution in [2.75, 3.05) is 7.11 Å². The molecule has 28 heavy (non-hydrogen) atoms. The number of ether oxygens (including phenoxy) is 1. The number of nitrogens with one attached hydrogen (secondary N) is 1. The van der Waals surface area contributed by atoms with Gasteiger partial charge in [0.1, 0.15) is 5.82 Å². The smallest absolute Gasteiger partial charge is 0.337 e. The molecule has 1 aromatic heterocycles. The van der Waals surface area contributed by atoms with Gasteiger partial charge in [-0.05, 0) is 30.7 Å². The minimum absolute atomic E-state index is 0.0585. The van der Waals surface area contributed by atoms with Crippen LogP contribution in [0.5, 0.6) is 0 Å². The summed E-state index contributed by atoms with van der Waals surface area (Å²) in [6.45, 7) is 1.34. The second-order valence-corrected chi connectivity index (χ2v) is 8.44. The lowest BCUT2D eigenvalue weighted by Crippen LogP contribution is -2.28. The summed E-state index contributed by atoms with van der Waals surface area (Å²) in [4.78, 5) is 11.4. The molecular weight excluding hydrogens is 385 g/mol. The number of carbonyl (C=O) groups excluding carboxylic acids is 1. The number of benzene rings is 2. The van der Waals surface area contributed by atoms with Gasteiger partial charge < -0.3 is 4.74 Å². The summed E-state index contributed by atoms with van der Waals surface area (Å²) in [6.07, 6.45) is 1.63. The third kappa shape index (κ3) is 3.76. The van der Waals surface area contributed by atoms with Crippen LogP contribution in [0, 0.1) is 5.82 Å². The summed E-state index contributed by atoms with van der Waals surface area (Å²) in [5.41, 5.74) is 1.62. The summed E-state index contributed by atoms with van der Waals surface area (Å²) >= 11 is 0. The Labute approximate surface area is 162 Å². The maximum Gasteiger partial charge on any atom is 0.337 e. The van der Waals surface area contributed by atoms with Gasteiger partial charge in [-0.2, -0.15) is 5.10 Å². The zero-order valence-electron chi connectivity index (χ0n) is 15.6. The Bertz CT molecular complexity index is 1140. The SMILES string of the molecule is COC(=O)c1ccc(CNS(=O)(=O)C(C)c2cccc3c2cnn3C)c(F)c1. The van der Waals surface area contributed by atoms with Gasteiger partial charge in [-0.15, -0.1) is 0 Å². The van der Waals surface area contributed by atoms with Gasteiger partial charge in [0.2, 0.25) is 10.0 Å². The maximum atomic E-state index is 14.2. The highest BCUT2D eigenvalue weighted by Gasteiger charge is 2.25. The van der Waals surface area contributed by atoms with Gasteiger partial charge in [-0.25, -0.2) is 22.3 Å². The molecule has 0 saturated carbocycles. The lowest BCUT2D eigenvalue weighted by molar-refractivity contribution is 0.0600. The molecule has 9 heteroatoms. The minimum Gasteiger partial charge on any atom is -0.465 e. The first-order valence-electron chi connectivity index (χ1n) is 8.50. The first-order valence-corrected chi connectivity index (χ1v) is 10.0. The molecule has 3 aromatic rings. The molecule has 7 nitrogen and oxygen atoms in total. The molecule has 0 saturated heterocycles. The quantitative estimate of drug-likeness (QED) is 0.637. The Balaban J connectivity index is 1.81. The molecule has 2 aromatic carbocycles. The summed E-state index contributed by atoms with van der Waals surface area (Å²) < 4.78 is 48.4. The number of rotatable bonds is 6. The first kappa shape index (κ1) is 20.0. The van der Waals surface area contributed by atoms with Crippen LogP contribution in [0.15, 0.2) is 42.6 Å². The Morgan fingerprint density at radius 1 is 1.32 bits per heavy atom. The fourth-order valence-corrected chi connectivity index (χ4v) is 4.11. The number of aromatic nitrogens is 2. The Morgan fingerprint density at radius 2 is 2.07 bits per heavy atom. The van der Waals surface area contributed by atoms with Crippen molar-refractivity contribution in [1.82, 2.24) is 14.5 Å². The first-order chi connectivity index (χ1) is 13.2. The molecule has 3 rings (SSSR count). The average Bonchev–Trinajstić information content (AvgIpc) is 3.07. The van der Waals surface area contributed by atoms with Gasteiger partial charge in [0, 0.05) is 24.5 Å². The number of nitrogens with zero attached hydrogens (tertiary/aromatic N) is 2. The Kier molecular flexibility index (Phi) is 5.48. The molecule has 0 aliphatic rings. The van der Waals surface area contributed by atoms with E-state index in [1.54, 1.807) is 37.0 Å². The van der Waals surface area contributed by atoms with Gasteiger partial charge in [0.15, 0.2) is 0 Å². The van der Waals surface area contributed by atoms with E-state index >= 15 is 0 Å². The molecule has 1 unspecified atom stereocenters. The van der Waals surface area contributed by atoms with Gasteiger partial charge in [-0.1, -0.05) is 18.2 Å². The number of fused-ring (bicyclic) bond motifs is 1. The van der Waals surface area contributed by atoms with Crippen LogP contribution in [0.3, 0.4) is 0 Å². The third-order valence-electron chi connectivity index (χ3n) is 4.67. The molecule has 0 fully saturated rings. The Morgan fingerprint density at radius 3 is 2.75 bits per heavy atom. The molecule has 0 bridgehead atoms. The number of aryl methyl sites for hydroxylation is 1. The largest absolute Gasteiger partial charge is 0.465 e. The third-order valence-corrected chi connectivity index (χ3v) is 6.40. The second kappa shape index (κ2) is 7.69. The van der Waals surface area contributed by atoms with Crippen LogP contribution in [-0.2, 0) is 28.4 Å². The fourth-order valence-electron chi connectivity index (χ4n) is 2.96. The van der Waals surface area contributed by atoms with E-state index in [1.807, 2.05) is 6.07 Å². The topological polar surface area (TPSA) is 90.3 Å². The maximum absolute atomic E-state index is 14.2. The van der Waals surface area contributed by atoms with E-state index in [2.05, 4.69) is 14.6 Å². The number of methoxy groups -OCH3 is 1. The van der Waals surface area contributed by atoms with E-state index in [1.165, 1.54) is 19.2 Å². The predicted molar refractivity (Wildman–Crippen MR) is 103 cm³/mol. The van der Waals surface area contributed by atoms with E-state index in [0.29, 0.717) is 5.56 Å². The molecular formula is C19H20FN3O4S. The van der Waals surface area contributed by atoms with Crippen molar-refractivity contribution in [3.8, 4) is 0 Å². The highest BCUT2D eigenvalue weighted by Crippen LogP contribution is 2.28. The fraction of sp³-hybridized carbons (Fsp3) is 0.263. The standard InChI is InChI=1S/C19H20FN3O4S/c1-12(15-5-4-6-18-16(15)11-21-23(18)2)28(25,26)22-10-14-8-7-13(9-17(14)20)19(24)27-3/h4-9,11-12,22H,10H2,1-3H3. The molecule has 148 valence electrons. The second-order valence-electron chi connectivity index (χ2n) is 6.35. The van der Waals surface area contributed by atoms with Crippen LogP contribution in [0.1, 0.15) is 33.7 Å². The zero-order valence-corrected chi connectivity index (χ0v) is 16.5. The molecule has 0 aliphatic carbocycles. The molecule has 0 spiro atoms. The highest BCUT2D eigenvalue weighted by molar-refractivity contribution is 7.89. The van der Waals surface area contributed by atoms with Crippen LogP contribution >= 0.6 is 0 Å². The monoisotopic (exact) mass is 405 g/mol. The van der Waals surface area contributed by atoms with E-state index < -0.39 is 27.1 Å². The predicted octanol–water partition coefficient (Wildman–Crippen LogP) is 2.68. The van der Waals surface area contributed by atoms with Crippen molar-refractivity contribution < 1.29 is 22.3 Å². The van der Waals surface area contributed by atoms with E-state index in [0.717, 1.165) is 17.0 Å². The number of hydrogen-bond donors (Lipinski definition) is 1. The molecule has 0 amide bonds. The molecule has 1 heterocycles. The van der Waals surface area contributed by atoms with Crippen molar-refractivity contribution in [1.29, 1.82) is 0 Å². The summed E-state index contributed by atoms with van der Waals surface area (Å²) in [7, 11) is -0.804. The lowest BCUT2D eigenvalue weighted by atomic mass is 10.1. The number of esters is 1. The van der Waals surface area contributed by atoms with Crippen LogP contribution in [0.25, 0.3) is 10.9 Å². The van der Waals surface area contributed by atoms with Crippen molar-refractivity contribution in [3.63, 3.8) is 0 Å². The van der Waals surface area contributed by atoms with Gasteiger partial charge in [0.05, 0.1) is 29.6 Å². The molecule has 0 radical (unpaired) electrons. The van der Waals surface area contributed by atoms with Crippen molar-refractivity contribution in [3.05, 3.63) is 65.1 Å². The number of hydrogen-bond acceptors (Lipinski definition) is 5. The lowest BCUT2D eigenvalue weighted by Gasteiger charge is -2.16. The van der Waals surface area contributed by atoms with Crippen LogP contribution in [-0.4, -0.2) is 31.3 Å². The van der Waals surface area contributed by atoms with Gasteiger partial charge in [0.25, 0.3) is 0 Å². The van der Waals surface area contributed by atoms with E-state index in [-0.39, 0.29) is 17.7 Å². The minimum atomic E-state index is -3.79. The summed E-state index contributed by atoms with van der Waals surface area (Å²) in [5.74, 6) is -1.35. The number of carbonyl (C=O) groups is 1. The van der Waals surface area contributed by atoms with Gasteiger partial charge >= 0.3 is 5.97 Å². The van der Waals surface area contributed by atoms with Crippen molar-refractivity contribution >= 4 is 26.9 Å². The van der Waals surface area contributed by atoms with Gasteiger partial charge in [-0.3, -0.25) is 4.68 Å². The normalized spacial score (nSPS) is 12.9. The molecule has 1 atom stereocenters. The zero-order chi connectivity index (χ0) is 20.5. The average molecular weight is 405 g/mol. The van der Waals surface area contributed by atoms with Crippen molar-refractivity contribution in [2.45, 2.75) is 18.7 Å². The van der Waals surface area contributed by atoms with E-state index in [4.69, 9.17) is 0 Å². The van der Waals surface area contributed by atoms with Crippen LogP contribution < -0.4 is 4.72 Å². The molecule has 0 aliphatic heterocycles. The van der Waals surface area contributed by atoms with Crippen molar-refractivity contribution in [2.24, 2.45) is 7.05 Å². The van der Waals surface area contributed by atoms with E-state index in [9.17, 15) is 17.6 Å². The Hall–Kier alpha value is -2.78. The highest BCUT2D eigenvalue weighted by atomic mass is 32.2. The summed E-state index contributed by atoms with van der Waals surface area (Å²) in [6, 6.07) is 9.14. The number of sulfonamides is 1. The van der Waals surface area contributed by atoms with Crippen LogP contribution in [0.4, 0.5) is 4.39 Å². The number of halogens is 1. The van der Waals surface area contributed by atoms with Crippen LogP contribution in [0.2, 0.25) is 0 Å². The summed E-state index contributed by atoms with van der Waals surface area (Å²) in [5, 5.41) is 4.05. The molecule has 1 N–H and O–H groups in total.